The molecule has 2 nitrogen and oxygen atoms in total. The molecule has 1 aromatic rings. The molecular formula is C14H20BrClN2. The smallest absolute Gasteiger partial charge is 0.133 e. The molecule has 0 unspecified atom stereocenters. The highest BCUT2D eigenvalue weighted by atomic mass is 79.9. The highest BCUT2D eigenvalue weighted by Gasteiger charge is 2.31. The summed E-state index contributed by atoms with van der Waals surface area (Å²) in [7, 11) is 0. The summed E-state index contributed by atoms with van der Waals surface area (Å²) in [5.74, 6) is 2.32. The molecule has 1 heterocycles. The number of anilines is 1. The van der Waals surface area contributed by atoms with E-state index in [2.05, 4.69) is 45.7 Å². The Morgan fingerprint density at radius 3 is 2.78 bits per heavy atom. The van der Waals surface area contributed by atoms with Gasteiger partial charge < -0.3 is 4.90 Å². The molecule has 0 radical (unpaired) electrons. The normalized spacial score (nSPS) is 15.2. The molecule has 18 heavy (non-hydrogen) atoms. The lowest BCUT2D eigenvalue weighted by Gasteiger charge is -2.26. The average molecular weight is 332 g/mol. The van der Waals surface area contributed by atoms with E-state index in [9.17, 15) is 0 Å². The minimum Gasteiger partial charge on any atom is -0.353 e. The Balaban J connectivity index is 2.19. The number of aromatic nitrogens is 1. The third-order valence-corrected chi connectivity index (χ3v) is 3.98. The van der Waals surface area contributed by atoms with Crippen LogP contribution in [0.25, 0.3) is 0 Å². The first-order chi connectivity index (χ1) is 8.61. The van der Waals surface area contributed by atoms with Crippen LogP contribution in [0.2, 0.25) is 0 Å². The van der Waals surface area contributed by atoms with E-state index < -0.39 is 0 Å². The molecule has 1 fully saturated rings. The molecule has 0 N–H and O–H groups in total. The zero-order chi connectivity index (χ0) is 13.1. The molecule has 1 aromatic heterocycles. The van der Waals surface area contributed by atoms with E-state index in [0.29, 0.717) is 11.9 Å². The van der Waals surface area contributed by atoms with E-state index in [-0.39, 0.29) is 0 Å². The SMILES string of the molecule is CC(C)CCN(c1ncc(Br)cc1CCl)C1CC1. The maximum atomic E-state index is 6.05. The van der Waals surface area contributed by atoms with Crippen LogP contribution < -0.4 is 4.90 Å². The van der Waals surface area contributed by atoms with Crippen molar-refractivity contribution in [1.29, 1.82) is 0 Å². The molecule has 100 valence electrons. The van der Waals surface area contributed by atoms with Crippen LogP contribution in [-0.2, 0) is 5.88 Å². The number of halogens is 2. The molecule has 2 rings (SSSR count). The first kappa shape index (κ1) is 14.1. The molecule has 0 bridgehead atoms. The molecule has 1 aliphatic carbocycles. The van der Waals surface area contributed by atoms with E-state index in [4.69, 9.17) is 11.6 Å². The molecular weight excluding hydrogens is 312 g/mol. The third-order valence-electron chi connectivity index (χ3n) is 3.26. The molecule has 0 spiro atoms. The number of nitrogens with zero attached hydrogens (tertiary/aromatic N) is 2. The fourth-order valence-corrected chi connectivity index (χ4v) is 2.65. The van der Waals surface area contributed by atoms with Crippen molar-refractivity contribution in [1.82, 2.24) is 4.98 Å². The van der Waals surface area contributed by atoms with Gasteiger partial charge in [0.05, 0.1) is 5.88 Å². The lowest BCUT2D eigenvalue weighted by molar-refractivity contribution is 0.568. The maximum absolute atomic E-state index is 6.05. The third kappa shape index (κ3) is 3.61. The lowest BCUT2D eigenvalue weighted by Crippen LogP contribution is -2.29. The summed E-state index contributed by atoms with van der Waals surface area (Å²) in [5, 5.41) is 0. The van der Waals surface area contributed by atoms with Crippen LogP contribution in [0, 0.1) is 5.92 Å². The number of hydrogen-bond acceptors (Lipinski definition) is 2. The summed E-state index contributed by atoms with van der Waals surface area (Å²) in [6.07, 6.45) is 5.65. The quantitative estimate of drug-likeness (QED) is 0.708. The Labute approximate surface area is 123 Å². The van der Waals surface area contributed by atoms with Gasteiger partial charge in [0.1, 0.15) is 5.82 Å². The minimum atomic E-state index is 0.521. The molecule has 0 amide bonds. The van der Waals surface area contributed by atoms with Crippen molar-refractivity contribution in [2.24, 2.45) is 5.92 Å². The van der Waals surface area contributed by atoms with E-state index in [0.717, 1.165) is 28.3 Å². The number of pyridine rings is 1. The van der Waals surface area contributed by atoms with Crippen molar-refractivity contribution in [3.8, 4) is 0 Å². The van der Waals surface area contributed by atoms with E-state index >= 15 is 0 Å². The maximum Gasteiger partial charge on any atom is 0.133 e. The molecule has 0 aliphatic heterocycles. The second-order valence-corrected chi connectivity index (χ2v) is 6.56. The van der Waals surface area contributed by atoms with Gasteiger partial charge in [-0.3, -0.25) is 0 Å². The average Bonchev–Trinajstić information content (AvgIpc) is 3.15. The Morgan fingerprint density at radius 2 is 2.22 bits per heavy atom. The van der Waals surface area contributed by atoms with E-state index in [1.54, 1.807) is 0 Å². The predicted molar refractivity (Wildman–Crippen MR) is 81.3 cm³/mol. The molecule has 0 saturated heterocycles. The molecule has 0 atom stereocenters. The van der Waals surface area contributed by atoms with Crippen molar-refractivity contribution < 1.29 is 0 Å². The second kappa shape index (κ2) is 6.25. The van der Waals surface area contributed by atoms with Gasteiger partial charge in [-0.25, -0.2) is 4.98 Å². The van der Waals surface area contributed by atoms with Crippen LogP contribution in [0.5, 0.6) is 0 Å². The van der Waals surface area contributed by atoms with Crippen LogP contribution in [0.15, 0.2) is 16.7 Å². The zero-order valence-electron chi connectivity index (χ0n) is 11.0. The van der Waals surface area contributed by atoms with Gasteiger partial charge in [0.25, 0.3) is 0 Å². The number of hydrogen-bond donors (Lipinski definition) is 0. The highest BCUT2D eigenvalue weighted by molar-refractivity contribution is 9.10. The topological polar surface area (TPSA) is 16.1 Å². The van der Waals surface area contributed by atoms with Crippen molar-refractivity contribution in [3.63, 3.8) is 0 Å². The monoisotopic (exact) mass is 330 g/mol. The van der Waals surface area contributed by atoms with Crippen LogP contribution >= 0.6 is 27.5 Å². The summed E-state index contributed by atoms with van der Waals surface area (Å²) in [5.41, 5.74) is 1.13. The van der Waals surface area contributed by atoms with Gasteiger partial charge >= 0.3 is 0 Å². The van der Waals surface area contributed by atoms with Gasteiger partial charge in [-0.2, -0.15) is 0 Å². The van der Waals surface area contributed by atoms with Gasteiger partial charge in [-0.05, 0) is 47.2 Å². The molecule has 1 aliphatic rings. The Bertz CT molecular complexity index is 405. The summed E-state index contributed by atoms with van der Waals surface area (Å²) in [6.45, 7) is 5.62. The molecule has 1 saturated carbocycles. The molecule has 0 aromatic carbocycles. The van der Waals surface area contributed by atoms with Crippen LogP contribution in [-0.4, -0.2) is 17.6 Å². The largest absolute Gasteiger partial charge is 0.353 e. The Morgan fingerprint density at radius 1 is 1.50 bits per heavy atom. The first-order valence-electron chi connectivity index (χ1n) is 6.59. The highest BCUT2D eigenvalue weighted by Crippen LogP contribution is 2.34. The first-order valence-corrected chi connectivity index (χ1v) is 7.91. The fourth-order valence-electron chi connectivity index (χ4n) is 2.08. The summed E-state index contributed by atoms with van der Waals surface area (Å²) < 4.78 is 1.00. The predicted octanol–water partition coefficient (Wildman–Crippen LogP) is 4.60. The Hall–Kier alpha value is -0.280. The van der Waals surface area contributed by atoms with Gasteiger partial charge in [-0.15, -0.1) is 11.6 Å². The van der Waals surface area contributed by atoms with Crippen LogP contribution in [0.1, 0.15) is 38.7 Å². The van der Waals surface area contributed by atoms with Gasteiger partial charge in [0.15, 0.2) is 0 Å². The summed E-state index contributed by atoms with van der Waals surface area (Å²) >= 11 is 9.51. The van der Waals surface area contributed by atoms with Crippen molar-refractivity contribution in [3.05, 3.63) is 22.3 Å². The standard InChI is InChI=1S/C14H20BrClN2/c1-10(2)5-6-18(13-3-4-13)14-11(8-16)7-12(15)9-17-14/h7,9-10,13H,3-6,8H2,1-2H3. The zero-order valence-corrected chi connectivity index (χ0v) is 13.3. The Kier molecular flexibility index (Phi) is 4.91. The van der Waals surface area contributed by atoms with Crippen molar-refractivity contribution in [2.45, 2.75) is 45.0 Å². The van der Waals surface area contributed by atoms with Crippen LogP contribution in [0.4, 0.5) is 5.82 Å². The van der Waals surface area contributed by atoms with E-state index in [1.807, 2.05) is 6.20 Å². The van der Waals surface area contributed by atoms with Gasteiger partial charge in [0, 0.05) is 28.8 Å². The summed E-state index contributed by atoms with van der Waals surface area (Å²) in [6, 6.07) is 2.76. The van der Waals surface area contributed by atoms with Gasteiger partial charge in [-0.1, -0.05) is 13.8 Å². The second-order valence-electron chi connectivity index (χ2n) is 5.38. The number of alkyl halides is 1. The van der Waals surface area contributed by atoms with Crippen molar-refractivity contribution >= 4 is 33.3 Å². The minimum absolute atomic E-state index is 0.521. The molecule has 4 heteroatoms. The van der Waals surface area contributed by atoms with E-state index in [1.165, 1.54) is 19.3 Å². The van der Waals surface area contributed by atoms with Crippen LogP contribution in [0.3, 0.4) is 0 Å². The van der Waals surface area contributed by atoms with Crippen molar-refractivity contribution in [2.75, 3.05) is 11.4 Å². The lowest BCUT2D eigenvalue weighted by atomic mass is 10.1. The fraction of sp³-hybridized carbons (Fsp3) is 0.643. The van der Waals surface area contributed by atoms with Gasteiger partial charge in [0.2, 0.25) is 0 Å². The number of rotatable bonds is 6. The summed E-state index contributed by atoms with van der Waals surface area (Å²) in [4.78, 5) is 7.03.